The SMILES string of the molecule is CCCCc1ccc(NC(=O)CN(c2ccccc2C)S(=O)(=O)c2ccc(Cl)cc2)cc1. The van der Waals surface area contributed by atoms with Gasteiger partial charge in [-0.05, 0) is 73.4 Å². The molecule has 1 amide bonds. The summed E-state index contributed by atoms with van der Waals surface area (Å²) in [4.78, 5) is 12.9. The third-order valence-electron chi connectivity index (χ3n) is 5.13. The van der Waals surface area contributed by atoms with Crippen molar-refractivity contribution >= 4 is 38.9 Å². The molecule has 168 valence electrons. The molecule has 32 heavy (non-hydrogen) atoms. The number of hydrogen-bond donors (Lipinski definition) is 1. The minimum Gasteiger partial charge on any atom is -0.325 e. The number of carbonyl (C=O) groups is 1. The lowest BCUT2D eigenvalue weighted by Crippen LogP contribution is -2.38. The number of para-hydroxylation sites is 1. The number of nitrogens with one attached hydrogen (secondary N) is 1. The lowest BCUT2D eigenvalue weighted by Gasteiger charge is -2.25. The monoisotopic (exact) mass is 470 g/mol. The van der Waals surface area contributed by atoms with E-state index in [2.05, 4.69) is 12.2 Å². The van der Waals surface area contributed by atoms with Gasteiger partial charge in [0.05, 0.1) is 10.6 Å². The maximum atomic E-state index is 13.4. The molecule has 0 aliphatic carbocycles. The number of carbonyl (C=O) groups excluding carboxylic acids is 1. The molecule has 3 aromatic rings. The van der Waals surface area contributed by atoms with Crippen molar-refractivity contribution in [2.75, 3.05) is 16.2 Å². The standard InChI is InChI=1S/C25H27ClN2O3S/c1-3-4-8-20-10-14-22(15-11-20)27-25(29)18-28(24-9-6-5-7-19(24)2)32(30,31)23-16-12-21(26)13-17-23/h5-7,9-17H,3-4,8,18H2,1-2H3,(H,27,29). The molecule has 0 heterocycles. The molecule has 0 saturated heterocycles. The van der Waals surface area contributed by atoms with Gasteiger partial charge in [0.1, 0.15) is 6.54 Å². The number of amides is 1. The van der Waals surface area contributed by atoms with Crippen LogP contribution in [0.15, 0.2) is 77.7 Å². The van der Waals surface area contributed by atoms with Crippen LogP contribution in [0.1, 0.15) is 30.9 Å². The largest absolute Gasteiger partial charge is 0.325 e. The van der Waals surface area contributed by atoms with Crippen molar-refractivity contribution in [1.82, 2.24) is 0 Å². The van der Waals surface area contributed by atoms with E-state index in [1.807, 2.05) is 43.3 Å². The van der Waals surface area contributed by atoms with Gasteiger partial charge in [-0.2, -0.15) is 0 Å². The molecule has 1 N–H and O–H groups in total. The molecule has 0 fully saturated rings. The predicted molar refractivity (Wildman–Crippen MR) is 131 cm³/mol. The molecular weight excluding hydrogens is 444 g/mol. The van der Waals surface area contributed by atoms with E-state index in [1.165, 1.54) is 29.8 Å². The first-order chi connectivity index (χ1) is 15.3. The van der Waals surface area contributed by atoms with Gasteiger partial charge in [0.15, 0.2) is 0 Å². The molecule has 0 bridgehead atoms. The van der Waals surface area contributed by atoms with Gasteiger partial charge >= 0.3 is 0 Å². The highest BCUT2D eigenvalue weighted by Crippen LogP contribution is 2.27. The fourth-order valence-electron chi connectivity index (χ4n) is 3.34. The summed E-state index contributed by atoms with van der Waals surface area (Å²) in [7, 11) is -3.98. The summed E-state index contributed by atoms with van der Waals surface area (Å²) in [6.07, 6.45) is 3.22. The summed E-state index contributed by atoms with van der Waals surface area (Å²) in [6, 6.07) is 20.6. The highest BCUT2D eigenvalue weighted by molar-refractivity contribution is 7.92. The van der Waals surface area contributed by atoms with Gasteiger partial charge in [0.2, 0.25) is 5.91 Å². The van der Waals surface area contributed by atoms with Crippen molar-refractivity contribution in [2.24, 2.45) is 0 Å². The van der Waals surface area contributed by atoms with E-state index >= 15 is 0 Å². The highest BCUT2D eigenvalue weighted by Gasteiger charge is 2.28. The van der Waals surface area contributed by atoms with Crippen molar-refractivity contribution in [1.29, 1.82) is 0 Å². The van der Waals surface area contributed by atoms with Gasteiger partial charge in [-0.3, -0.25) is 9.10 Å². The van der Waals surface area contributed by atoms with Gasteiger partial charge < -0.3 is 5.32 Å². The van der Waals surface area contributed by atoms with Crippen molar-refractivity contribution in [3.8, 4) is 0 Å². The number of rotatable bonds is 9. The second-order valence-corrected chi connectivity index (χ2v) is 9.90. The molecule has 0 radical (unpaired) electrons. The van der Waals surface area contributed by atoms with Crippen LogP contribution in [0.4, 0.5) is 11.4 Å². The van der Waals surface area contributed by atoms with E-state index in [4.69, 9.17) is 11.6 Å². The normalized spacial score (nSPS) is 11.2. The molecular formula is C25H27ClN2O3S. The minimum atomic E-state index is -3.98. The van der Waals surface area contributed by atoms with Crippen LogP contribution in [0.3, 0.4) is 0 Å². The van der Waals surface area contributed by atoms with E-state index < -0.39 is 15.9 Å². The molecule has 0 aromatic heterocycles. The molecule has 5 nitrogen and oxygen atoms in total. The summed E-state index contributed by atoms with van der Waals surface area (Å²) in [5.74, 6) is -0.424. The Kier molecular flexibility index (Phi) is 7.94. The number of unbranched alkanes of at least 4 members (excludes halogenated alkanes) is 1. The van der Waals surface area contributed by atoms with Crippen LogP contribution >= 0.6 is 11.6 Å². The van der Waals surface area contributed by atoms with Gasteiger partial charge in [0.25, 0.3) is 10.0 Å². The highest BCUT2D eigenvalue weighted by atomic mass is 35.5. The molecule has 7 heteroatoms. The Morgan fingerprint density at radius 2 is 1.62 bits per heavy atom. The number of nitrogens with zero attached hydrogens (tertiary/aromatic N) is 1. The van der Waals surface area contributed by atoms with Gasteiger partial charge in [-0.15, -0.1) is 0 Å². The Balaban J connectivity index is 1.85. The Bertz CT molecular complexity index is 1160. The lowest BCUT2D eigenvalue weighted by molar-refractivity contribution is -0.114. The molecule has 0 unspecified atom stereocenters. The van der Waals surface area contributed by atoms with Crippen molar-refractivity contribution in [3.63, 3.8) is 0 Å². The first kappa shape index (κ1) is 23.8. The quantitative estimate of drug-likeness (QED) is 0.428. The number of sulfonamides is 1. The van der Waals surface area contributed by atoms with E-state index in [-0.39, 0.29) is 11.4 Å². The zero-order valence-corrected chi connectivity index (χ0v) is 19.8. The Hall–Kier alpha value is -2.83. The van der Waals surface area contributed by atoms with Gasteiger partial charge in [0, 0.05) is 10.7 Å². The average Bonchev–Trinajstić information content (AvgIpc) is 2.78. The number of aryl methyl sites for hydroxylation is 2. The average molecular weight is 471 g/mol. The topological polar surface area (TPSA) is 66.5 Å². The predicted octanol–water partition coefficient (Wildman–Crippen LogP) is 5.83. The fraction of sp³-hybridized carbons (Fsp3) is 0.240. The van der Waals surface area contributed by atoms with Crippen LogP contribution in [0.5, 0.6) is 0 Å². The molecule has 0 atom stereocenters. The van der Waals surface area contributed by atoms with Gasteiger partial charge in [-0.1, -0.05) is 55.3 Å². The Morgan fingerprint density at radius 1 is 0.969 bits per heavy atom. The lowest BCUT2D eigenvalue weighted by atomic mass is 10.1. The van der Waals surface area contributed by atoms with Crippen LogP contribution in [0.25, 0.3) is 0 Å². The number of hydrogen-bond acceptors (Lipinski definition) is 3. The number of halogens is 1. The van der Waals surface area contributed by atoms with E-state index in [1.54, 1.807) is 12.1 Å². The molecule has 3 rings (SSSR count). The van der Waals surface area contributed by atoms with E-state index in [0.717, 1.165) is 29.1 Å². The molecule has 3 aromatic carbocycles. The smallest absolute Gasteiger partial charge is 0.264 e. The van der Waals surface area contributed by atoms with Crippen molar-refractivity contribution in [3.05, 3.63) is 88.9 Å². The first-order valence-electron chi connectivity index (χ1n) is 10.5. The molecule has 0 spiro atoms. The maximum absolute atomic E-state index is 13.4. The second kappa shape index (κ2) is 10.7. The molecule has 0 aliphatic rings. The van der Waals surface area contributed by atoms with Crippen LogP contribution in [-0.2, 0) is 21.2 Å². The summed E-state index contributed by atoms with van der Waals surface area (Å²) in [5, 5.41) is 3.25. The number of benzene rings is 3. The zero-order chi connectivity index (χ0) is 23.1. The Morgan fingerprint density at radius 3 is 2.25 bits per heavy atom. The number of anilines is 2. The third kappa shape index (κ3) is 5.90. The van der Waals surface area contributed by atoms with Crippen molar-refractivity contribution < 1.29 is 13.2 Å². The second-order valence-electron chi connectivity index (χ2n) is 7.60. The Labute approximate surface area is 195 Å². The zero-order valence-electron chi connectivity index (χ0n) is 18.2. The molecule has 0 saturated carbocycles. The summed E-state index contributed by atoms with van der Waals surface area (Å²) in [6.45, 7) is 3.60. The van der Waals surface area contributed by atoms with Crippen LogP contribution < -0.4 is 9.62 Å². The van der Waals surface area contributed by atoms with Crippen LogP contribution in [0, 0.1) is 6.92 Å². The van der Waals surface area contributed by atoms with Crippen LogP contribution in [-0.4, -0.2) is 20.9 Å². The maximum Gasteiger partial charge on any atom is 0.264 e. The molecule has 0 aliphatic heterocycles. The summed E-state index contributed by atoms with van der Waals surface area (Å²) < 4.78 is 28.0. The van der Waals surface area contributed by atoms with Gasteiger partial charge in [-0.25, -0.2) is 8.42 Å². The third-order valence-corrected chi connectivity index (χ3v) is 7.16. The first-order valence-corrected chi connectivity index (χ1v) is 12.4. The van der Waals surface area contributed by atoms with E-state index in [0.29, 0.717) is 16.4 Å². The van der Waals surface area contributed by atoms with Crippen LogP contribution in [0.2, 0.25) is 5.02 Å². The minimum absolute atomic E-state index is 0.0678. The fourth-order valence-corrected chi connectivity index (χ4v) is 4.95. The summed E-state index contributed by atoms with van der Waals surface area (Å²) in [5.41, 5.74) is 3.03. The summed E-state index contributed by atoms with van der Waals surface area (Å²) >= 11 is 5.92. The van der Waals surface area contributed by atoms with Crippen molar-refractivity contribution in [2.45, 2.75) is 38.0 Å². The van der Waals surface area contributed by atoms with E-state index in [9.17, 15) is 13.2 Å².